The highest BCUT2D eigenvalue weighted by molar-refractivity contribution is 5.96. The van der Waals surface area contributed by atoms with Crippen LogP contribution in [0.25, 0.3) is 0 Å². The molecule has 0 bridgehead atoms. The van der Waals surface area contributed by atoms with Gasteiger partial charge in [0.25, 0.3) is 0 Å². The molecule has 0 aliphatic carbocycles. The number of carbonyl (C=O) groups excluding carboxylic acids is 1. The van der Waals surface area contributed by atoms with E-state index in [1.165, 1.54) is 13.8 Å². The highest BCUT2D eigenvalue weighted by atomic mass is 19.4. The number of Topliss-reactive ketones (excluding diaryl/α,β-unsaturated/α-hetero) is 1. The summed E-state index contributed by atoms with van der Waals surface area (Å²) in [7, 11) is 0. The van der Waals surface area contributed by atoms with Gasteiger partial charge in [-0.1, -0.05) is 0 Å². The van der Waals surface area contributed by atoms with Gasteiger partial charge in [0.05, 0.1) is 22.2 Å². The first-order valence-electron chi connectivity index (χ1n) is 6.40. The number of alkyl halides is 6. The van der Waals surface area contributed by atoms with E-state index in [0.717, 1.165) is 6.92 Å². The lowest BCUT2D eigenvalue weighted by molar-refractivity contribution is -0.143. The van der Waals surface area contributed by atoms with Crippen molar-refractivity contribution in [1.29, 1.82) is 0 Å². The number of hydrogen-bond donors (Lipinski definition) is 2. The number of ketones is 1. The number of hydrogen-bond acceptors (Lipinski definition) is 3. The van der Waals surface area contributed by atoms with E-state index >= 15 is 0 Å². The lowest BCUT2D eigenvalue weighted by atomic mass is 9.79. The number of benzene rings is 1. The molecule has 0 spiro atoms. The molecule has 0 aliphatic rings. The molecule has 0 heterocycles. The molecule has 130 valence electrons. The molecule has 0 aliphatic heterocycles. The maximum Gasteiger partial charge on any atom is 0.416 e. The van der Waals surface area contributed by atoms with E-state index in [4.69, 9.17) is 11.5 Å². The second kappa shape index (κ2) is 5.48. The SMILES string of the molecule is CC(C)(N)C(=O)C(C)(N)c1cc(C(F)(F)F)cc(C(F)(F)F)c1. The van der Waals surface area contributed by atoms with Crippen LogP contribution in [-0.2, 0) is 22.7 Å². The minimum absolute atomic E-state index is 0.0301. The van der Waals surface area contributed by atoms with Crippen molar-refractivity contribution in [2.24, 2.45) is 11.5 Å². The largest absolute Gasteiger partial charge is 0.416 e. The summed E-state index contributed by atoms with van der Waals surface area (Å²) in [5.74, 6) is -0.891. The van der Waals surface area contributed by atoms with Gasteiger partial charge in [0.2, 0.25) is 0 Å². The van der Waals surface area contributed by atoms with E-state index < -0.39 is 45.9 Å². The Kier molecular flexibility index (Phi) is 4.63. The van der Waals surface area contributed by atoms with Crippen LogP contribution < -0.4 is 11.5 Å². The zero-order valence-corrected chi connectivity index (χ0v) is 12.6. The van der Waals surface area contributed by atoms with Crippen LogP contribution >= 0.6 is 0 Å². The van der Waals surface area contributed by atoms with Crippen molar-refractivity contribution in [3.8, 4) is 0 Å². The highest BCUT2D eigenvalue weighted by Gasteiger charge is 2.43. The third-order valence-corrected chi connectivity index (χ3v) is 3.24. The van der Waals surface area contributed by atoms with Gasteiger partial charge in [-0.05, 0) is 44.5 Å². The first-order valence-corrected chi connectivity index (χ1v) is 6.40. The van der Waals surface area contributed by atoms with Gasteiger partial charge >= 0.3 is 12.4 Å². The van der Waals surface area contributed by atoms with Crippen molar-refractivity contribution in [3.63, 3.8) is 0 Å². The Labute approximate surface area is 128 Å². The first kappa shape index (κ1) is 19.4. The fourth-order valence-corrected chi connectivity index (χ4v) is 2.06. The zero-order chi connectivity index (χ0) is 18.4. The maximum absolute atomic E-state index is 12.8. The Hall–Kier alpha value is -1.61. The molecule has 9 heteroatoms. The monoisotopic (exact) mass is 342 g/mol. The standard InChI is InChI=1S/C14H16F6N2O/c1-11(2,21)10(23)12(3,22)7-4-8(13(15,16)17)6-9(5-7)14(18,19)20/h4-6H,21-22H2,1-3H3. The third-order valence-electron chi connectivity index (χ3n) is 3.24. The fourth-order valence-electron chi connectivity index (χ4n) is 2.06. The van der Waals surface area contributed by atoms with Crippen LogP contribution in [0.5, 0.6) is 0 Å². The van der Waals surface area contributed by atoms with Crippen LogP contribution in [0, 0.1) is 0 Å². The molecule has 0 saturated carbocycles. The van der Waals surface area contributed by atoms with Crippen LogP contribution in [0.1, 0.15) is 37.5 Å². The van der Waals surface area contributed by atoms with Crippen LogP contribution in [0.3, 0.4) is 0 Å². The molecule has 0 aromatic heterocycles. The van der Waals surface area contributed by atoms with E-state index in [9.17, 15) is 31.1 Å². The van der Waals surface area contributed by atoms with Crippen molar-refractivity contribution >= 4 is 5.78 Å². The molecule has 1 rings (SSSR count). The summed E-state index contributed by atoms with van der Waals surface area (Å²) in [4.78, 5) is 12.2. The van der Waals surface area contributed by atoms with Gasteiger partial charge in [0.1, 0.15) is 0 Å². The van der Waals surface area contributed by atoms with E-state index in [0.29, 0.717) is 12.1 Å². The number of halogens is 6. The van der Waals surface area contributed by atoms with Gasteiger partial charge in [0.15, 0.2) is 5.78 Å². The summed E-state index contributed by atoms with van der Waals surface area (Å²) in [6, 6.07) is 0.829. The smallest absolute Gasteiger partial charge is 0.319 e. The van der Waals surface area contributed by atoms with E-state index in [-0.39, 0.29) is 6.07 Å². The molecular weight excluding hydrogens is 326 g/mol. The van der Waals surface area contributed by atoms with Crippen molar-refractivity contribution in [3.05, 3.63) is 34.9 Å². The fraction of sp³-hybridized carbons (Fsp3) is 0.500. The van der Waals surface area contributed by atoms with Gasteiger partial charge < -0.3 is 11.5 Å². The zero-order valence-electron chi connectivity index (χ0n) is 12.6. The average Bonchev–Trinajstić information content (AvgIpc) is 2.34. The topological polar surface area (TPSA) is 69.1 Å². The van der Waals surface area contributed by atoms with Crippen LogP contribution in [-0.4, -0.2) is 11.3 Å². The molecule has 3 nitrogen and oxygen atoms in total. The molecule has 0 saturated heterocycles. The molecule has 1 unspecified atom stereocenters. The minimum atomic E-state index is -5.02. The van der Waals surface area contributed by atoms with Gasteiger partial charge in [0, 0.05) is 0 Å². The van der Waals surface area contributed by atoms with Gasteiger partial charge in [-0.15, -0.1) is 0 Å². The van der Waals surface area contributed by atoms with E-state index in [2.05, 4.69) is 0 Å². The second-order valence-electron chi connectivity index (χ2n) is 6.05. The Morgan fingerprint density at radius 1 is 0.783 bits per heavy atom. The van der Waals surface area contributed by atoms with E-state index in [1.807, 2.05) is 0 Å². The van der Waals surface area contributed by atoms with Crippen molar-refractivity contribution in [2.45, 2.75) is 44.2 Å². The first-order chi connectivity index (χ1) is 9.97. The Bertz CT molecular complexity index is 579. The predicted octanol–water partition coefficient (Wildman–Crippen LogP) is 3.20. The summed E-state index contributed by atoms with van der Waals surface area (Å²) in [6.07, 6.45) is -10.0. The van der Waals surface area contributed by atoms with Crippen molar-refractivity contribution < 1.29 is 31.1 Å². The van der Waals surface area contributed by atoms with Gasteiger partial charge in [-0.3, -0.25) is 4.79 Å². The Morgan fingerprint density at radius 2 is 1.09 bits per heavy atom. The van der Waals surface area contributed by atoms with Crippen LogP contribution in [0.15, 0.2) is 18.2 Å². The molecule has 1 aromatic carbocycles. The number of carbonyl (C=O) groups is 1. The lowest BCUT2D eigenvalue weighted by Crippen LogP contribution is -2.56. The highest BCUT2D eigenvalue weighted by Crippen LogP contribution is 2.38. The maximum atomic E-state index is 12.8. The Balaban J connectivity index is 3.62. The molecule has 0 radical (unpaired) electrons. The summed E-state index contributed by atoms with van der Waals surface area (Å²) in [5, 5.41) is 0. The van der Waals surface area contributed by atoms with Crippen molar-refractivity contribution in [2.75, 3.05) is 0 Å². The average molecular weight is 342 g/mol. The Morgan fingerprint density at radius 3 is 1.35 bits per heavy atom. The lowest BCUT2D eigenvalue weighted by Gasteiger charge is -2.31. The molecule has 0 fully saturated rings. The molecule has 23 heavy (non-hydrogen) atoms. The van der Waals surface area contributed by atoms with Crippen LogP contribution in [0.2, 0.25) is 0 Å². The quantitative estimate of drug-likeness (QED) is 0.829. The normalized spacial score (nSPS) is 16.1. The van der Waals surface area contributed by atoms with Crippen molar-refractivity contribution in [1.82, 2.24) is 0 Å². The van der Waals surface area contributed by atoms with Gasteiger partial charge in [-0.25, -0.2) is 0 Å². The molecular formula is C14H16F6N2O. The second-order valence-corrected chi connectivity index (χ2v) is 6.05. The molecule has 1 aromatic rings. The summed E-state index contributed by atoms with van der Waals surface area (Å²) in [5.41, 5.74) is 3.97. The number of nitrogens with two attached hydrogens (primary N) is 2. The third kappa shape index (κ3) is 4.23. The summed E-state index contributed by atoms with van der Waals surface area (Å²) >= 11 is 0. The summed E-state index contributed by atoms with van der Waals surface area (Å²) < 4.78 is 77.0. The minimum Gasteiger partial charge on any atom is -0.319 e. The predicted molar refractivity (Wildman–Crippen MR) is 71.3 cm³/mol. The number of rotatable bonds is 3. The van der Waals surface area contributed by atoms with Gasteiger partial charge in [-0.2, -0.15) is 26.3 Å². The van der Waals surface area contributed by atoms with E-state index in [1.54, 1.807) is 0 Å². The molecule has 1 atom stereocenters. The molecule has 0 amide bonds. The summed E-state index contributed by atoms with van der Waals surface area (Å²) in [6.45, 7) is 3.55. The molecule has 4 N–H and O–H groups in total. The van der Waals surface area contributed by atoms with Crippen LogP contribution in [0.4, 0.5) is 26.3 Å².